The molecule has 0 radical (unpaired) electrons. The Morgan fingerprint density at radius 2 is 1.86 bits per heavy atom. The molecule has 4 aromatic rings. The van der Waals surface area contributed by atoms with Gasteiger partial charge in [0.1, 0.15) is 10.4 Å². The first-order valence-electron chi connectivity index (χ1n) is 11.5. The molecular formula is C28H29N3O4S. The van der Waals surface area contributed by atoms with Gasteiger partial charge in [-0.05, 0) is 36.4 Å². The molecular weight excluding hydrogens is 474 g/mol. The number of hydrogen-bond donors (Lipinski definition) is 2. The molecule has 1 fully saturated rings. The highest BCUT2D eigenvalue weighted by atomic mass is 32.1. The van der Waals surface area contributed by atoms with Gasteiger partial charge >= 0.3 is 0 Å². The van der Waals surface area contributed by atoms with E-state index in [0.717, 1.165) is 33.6 Å². The molecule has 7 nitrogen and oxygen atoms in total. The van der Waals surface area contributed by atoms with Crippen LogP contribution in [0.1, 0.15) is 16.7 Å². The van der Waals surface area contributed by atoms with Crippen LogP contribution in [-0.2, 0) is 4.74 Å². The van der Waals surface area contributed by atoms with Gasteiger partial charge in [-0.3, -0.25) is 10.2 Å². The third kappa shape index (κ3) is 4.97. The number of nitrogens with two attached hydrogens (primary N) is 1. The zero-order chi connectivity index (χ0) is 25.7. The minimum atomic E-state index is -0.0335. The van der Waals surface area contributed by atoms with E-state index in [0.29, 0.717) is 48.2 Å². The lowest BCUT2D eigenvalue weighted by atomic mass is 9.96. The van der Waals surface area contributed by atoms with Gasteiger partial charge in [0, 0.05) is 41.2 Å². The van der Waals surface area contributed by atoms with E-state index in [2.05, 4.69) is 12.3 Å². The number of fused-ring (bicyclic) bond motifs is 1. The number of thiophene rings is 1. The van der Waals surface area contributed by atoms with Crippen LogP contribution in [0, 0.1) is 5.41 Å². The summed E-state index contributed by atoms with van der Waals surface area (Å²) in [6.45, 7) is 6.50. The molecule has 1 aliphatic heterocycles. The smallest absolute Gasteiger partial charge is 0.204 e. The fraction of sp³-hybridized carbons (Fsp3) is 0.214. The molecule has 186 valence electrons. The Bertz CT molecular complexity index is 1430. The quantitative estimate of drug-likeness (QED) is 0.359. The molecule has 36 heavy (non-hydrogen) atoms. The molecule has 2 aromatic heterocycles. The lowest BCUT2D eigenvalue weighted by Crippen LogP contribution is -2.36. The summed E-state index contributed by atoms with van der Waals surface area (Å²) in [7, 11) is 3.12. The van der Waals surface area contributed by atoms with E-state index in [4.69, 9.17) is 19.3 Å². The van der Waals surface area contributed by atoms with Crippen LogP contribution in [0.3, 0.4) is 0 Å². The molecule has 2 aromatic carbocycles. The molecule has 3 heterocycles. The predicted molar refractivity (Wildman–Crippen MR) is 148 cm³/mol. The maximum atomic E-state index is 12.7. The SMILES string of the molecule is C=Cc1cc(OC)ccc1C(=N)c1ccc(-c2csc3c(=O)cc(N4CCOCC4)oc23)cc1.CN. The highest BCUT2D eigenvalue weighted by molar-refractivity contribution is 7.17. The fourth-order valence-corrected chi connectivity index (χ4v) is 5.02. The summed E-state index contributed by atoms with van der Waals surface area (Å²) in [5.41, 5.74) is 9.69. The van der Waals surface area contributed by atoms with Crippen LogP contribution in [-0.4, -0.2) is 46.2 Å². The Balaban J connectivity index is 0.00000148. The van der Waals surface area contributed by atoms with Crippen molar-refractivity contribution in [2.45, 2.75) is 0 Å². The first kappa shape index (κ1) is 25.4. The van der Waals surface area contributed by atoms with Gasteiger partial charge in [0.2, 0.25) is 5.43 Å². The Hall–Kier alpha value is -3.72. The molecule has 0 atom stereocenters. The standard InChI is InChI=1S/C27H24N2O4S.CH5N/c1-3-17-14-20(31-2)8-9-21(17)25(28)19-6-4-18(5-7-19)22-16-34-27-23(30)15-24(33-26(22)27)29-10-12-32-13-11-29;1-2/h3-9,14-16,28H,1,10-13H2,2H3;2H2,1H3. The average Bonchev–Trinajstić information content (AvgIpc) is 3.38. The van der Waals surface area contributed by atoms with Gasteiger partial charge in [0.25, 0.3) is 0 Å². The summed E-state index contributed by atoms with van der Waals surface area (Å²) in [6.07, 6.45) is 1.73. The van der Waals surface area contributed by atoms with Crippen molar-refractivity contribution in [3.63, 3.8) is 0 Å². The van der Waals surface area contributed by atoms with Crippen LogP contribution in [0.15, 0.2) is 69.7 Å². The minimum Gasteiger partial charge on any atom is -0.497 e. The van der Waals surface area contributed by atoms with Gasteiger partial charge in [0.05, 0.1) is 26.0 Å². The van der Waals surface area contributed by atoms with Gasteiger partial charge in [-0.2, -0.15) is 0 Å². The van der Waals surface area contributed by atoms with E-state index in [1.807, 2.05) is 52.7 Å². The number of nitrogens with zero attached hydrogens (tertiary/aromatic N) is 1. The number of ether oxygens (including phenoxy) is 2. The second kappa shape index (κ2) is 11.3. The maximum Gasteiger partial charge on any atom is 0.204 e. The maximum absolute atomic E-state index is 12.7. The topological polar surface area (TPSA) is 102 Å². The van der Waals surface area contributed by atoms with E-state index in [-0.39, 0.29) is 5.43 Å². The van der Waals surface area contributed by atoms with Crippen LogP contribution in [0.2, 0.25) is 0 Å². The van der Waals surface area contributed by atoms with Crippen molar-refractivity contribution in [3.05, 3.63) is 87.4 Å². The highest BCUT2D eigenvalue weighted by Gasteiger charge is 2.19. The fourth-order valence-electron chi connectivity index (χ4n) is 4.11. The first-order valence-corrected chi connectivity index (χ1v) is 12.4. The lowest BCUT2D eigenvalue weighted by Gasteiger charge is -2.27. The van der Waals surface area contributed by atoms with Crippen LogP contribution in [0.5, 0.6) is 5.75 Å². The molecule has 3 N–H and O–H groups in total. The normalized spacial score (nSPS) is 13.1. The number of benzene rings is 2. The summed E-state index contributed by atoms with van der Waals surface area (Å²) >= 11 is 1.39. The van der Waals surface area contributed by atoms with Crippen LogP contribution < -0.4 is 20.8 Å². The van der Waals surface area contributed by atoms with E-state index in [9.17, 15) is 4.79 Å². The zero-order valence-corrected chi connectivity index (χ0v) is 21.2. The monoisotopic (exact) mass is 503 g/mol. The summed E-state index contributed by atoms with van der Waals surface area (Å²) < 4.78 is 17.5. The number of methoxy groups -OCH3 is 1. The Kier molecular flexibility index (Phi) is 8.00. The van der Waals surface area contributed by atoms with Gasteiger partial charge in [-0.15, -0.1) is 11.3 Å². The molecule has 1 aliphatic rings. The van der Waals surface area contributed by atoms with E-state index < -0.39 is 0 Å². The number of hydrogen-bond acceptors (Lipinski definition) is 8. The van der Waals surface area contributed by atoms with Crippen molar-refractivity contribution in [1.29, 1.82) is 5.41 Å². The second-order valence-corrected chi connectivity index (χ2v) is 8.85. The van der Waals surface area contributed by atoms with Crippen molar-refractivity contribution in [1.82, 2.24) is 0 Å². The van der Waals surface area contributed by atoms with Crippen molar-refractivity contribution >= 4 is 39.3 Å². The number of anilines is 1. The molecule has 8 heteroatoms. The molecule has 0 bridgehead atoms. The molecule has 0 aliphatic carbocycles. The average molecular weight is 504 g/mol. The zero-order valence-electron chi connectivity index (χ0n) is 20.4. The van der Waals surface area contributed by atoms with Gasteiger partial charge < -0.3 is 24.5 Å². The lowest BCUT2D eigenvalue weighted by molar-refractivity contribution is 0.121. The molecule has 0 unspecified atom stereocenters. The third-order valence-corrected chi connectivity index (χ3v) is 6.96. The van der Waals surface area contributed by atoms with E-state index >= 15 is 0 Å². The summed E-state index contributed by atoms with van der Waals surface area (Å²) in [5.74, 6) is 1.30. The van der Waals surface area contributed by atoms with Gasteiger partial charge in [-0.1, -0.05) is 36.9 Å². The molecule has 1 saturated heterocycles. The second-order valence-electron chi connectivity index (χ2n) is 7.97. The van der Waals surface area contributed by atoms with Crippen molar-refractivity contribution in [2.75, 3.05) is 45.4 Å². The molecule has 0 amide bonds. The Morgan fingerprint density at radius 1 is 1.14 bits per heavy atom. The van der Waals surface area contributed by atoms with Crippen molar-refractivity contribution < 1.29 is 13.9 Å². The minimum absolute atomic E-state index is 0.0335. The highest BCUT2D eigenvalue weighted by Crippen LogP contribution is 2.35. The van der Waals surface area contributed by atoms with Crippen LogP contribution >= 0.6 is 11.3 Å². The van der Waals surface area contributed by atoms with E-state index in [1.54, 1.807) is 19.3 Å². The Morgan fingerprint density at radius 3 is 2.53 bits per heavy atom. The summed E-state index contributed by atoms with van der Waals surface area (Å²) in [4.78, 5) is 14.8. The third-order valence-electron chi connectivity index (χ3n) is 5.99. The van der Waals surface area contributed by atoms with Crippen LogP contribution in [0.4, 0.5) is 5.88 Å². The van der Waals surface area contributed by atoms with E-state index in [1.165, 1.54) is 18.4 Å². The summed E-state index contributed by atoms with van der Waals surface area (Å²) in [6, 6.07) is 14.9. The number of rotatable bonds is 6. The van der Waals surface area contributed by atoms with Crippen LogP contribution in [0.25, 0.3) is 27.5 Å². The molecule has 0 spiro atoms. The van der Waals surface area contributed by atoms with Crippen molar-refractivity contribution in [3.8, 4) is 16.9 Å². The Labute approximate surface area is 213 Å². The first-order chi connectivity index (χ1) is 17.6. The van der Waals surface area contributed by atoms with Gasteiger partial charge in [0.15, 0.2) is 11.5 Å². The molecule has 5 rings (SSSR count). The van der Waals surface area contributed by atoms with Gasteiger partial charge in [-0.25, -0.2) is 0 Å². The number of morpholine rings is 1. The molecule has 0 saturated carbocycles. The summed E-state index contributed by atoms with van der Waals surface area (Å²) in [5, 5.41) is 10.7. The number of nitrogens with one attached hydrogen (secondary N) is 1. The predicted octanol–water partition coefficient (Wildman–Crippen LogP) is 5.00. The van der Waals surface area contributed by atoms with Crippen molar-refractivity contribution in [2.24, 2.45) is 5.73 Å². The largest absolute Gasteiger partial charge is 0.497 e.